The first-order valence-electron chi connectivity index (χ1n) is 12.5. The Morgan fingerprint density at radius 1 is 1.15 bits per heavy atom. The second-order valence-corrected chi connectivity index (χ2v) is 9.04. The molecule has 1 aromatic heterocycles. The summed E-state index contributed by atoms with van der Waals surface area (Å²) in [6.45, 7) is 7.26. The predicted molar refractivity (Wildman–Crippen MR) is 156 cm³/mol. The Morgan fingerprint density at radius 2 is 1.85 bits per heavy atom. The SMILES string of the molecule is C=CC(=O)Nc1cccc(Oc2nc(Nc3ccc(NC)cc3)ncc2OC)c1.CC(O)(O)CN1CCCC1.[HH].[HH]. The van der Waals surface area contributed by atoms with Gasteiger partial charge in [-0.05, 0) is 75.3 Å². The van der Waals surface area contributed by atoms with Gasteiger partial charge < -0.3 is 35.6 Å². The molecule has 11 nitrogen and oxygen atoms in total. The van der Waals surface area contributed by atoms with Gasteiger partial charge in [0, 0.05) is 33.0 Å². The number of ether oxygens (including phenoxy) is 2. The Kier molecular flexibility index (Phi) is 10.6. The maximum atomic E-state index is 11.5. The Morgan fingerprint density at radius 3 is 2.46 bits per heavy atom. The first-order chi connectivity index (χ1) is 18.7. The van der Waals surface area contributed by atoms with Crippen LogP contribution in [-0.4, -0.2) is 70.6 Å². The summed E-state index contributed by atoms with van der Waals surface area (Å²) in [5, 5.41) is 26.9. The quantitative estimate of drug-likeness (QED) is 0.185. The van der Waals surface area contributed by atoms with E-state index in [4.69, 9.17) is 19.7 Å². The Labute approximate surface area is 231 Å². The number of aliphatic hydroxyl groups is 2. The molecule has 0 unspecified atom stereocenters. The van der Waals surface area contributed by atoms with E-state index >= 15 is 0 Å². The molecule has 1 amide bonds. The average molecular weight is 541 g/mol. The lowest BCUT2D eigenvalue weighted by atomic mass is 10.3. The summed E-state index contributed by atoms with van der Waals surface area (Å²) in [5.41, 5.74) is 2.40. The van der Waals surface area contributed by atoms with Crippen molar-refractivity contribution in [2.75, 3.05) is 49.7 Å². The van der Waals surface area contributed by atoms with Gasteiger partial charge in [-0.3, -0.25) is 9.69 Å². The van der Waals surface area contributed by atoms with Gasteiger partial charge in [0.15, 0.2) is 11.5 Å². The molecule has 0 saturated carbocycles. The van der Waals surface area contributed by atoms with Gasteiger partial charge in [-0.1, -0.05) is 12.6 Å². The van der Waals surface area contributed by atoms with Crippen LogP contribution in [0.2, 0.25) is 0 Å². The molecule has 11 heteroatoms. The number of β-amino-alcohol motifs (C(OH)–C–C–N with tert-alkyl or cyclic N) is 2. The van der Waals surface area contributed by atoms with Crippen LogP contribution in [-0.2, 0) is 4.79 Å². The molecule has 212 valence electrons. The summed E-state index contributed by atoms with van der Waals surface area (Å²) in [5.74, 6) is -0.366. The van der Waals surface area contributed by atoms with Crippen molar-refractivity contribution < 1.29 is 27.3 Å². The van der Waals surface area contributed by atoms with Gasteiger partial charge in [-0.25, -0.2) is 4.98 Å². The van der Waals surface area contributed by atoms with E-state index in [-0.39, 0.29) is 14.6 Å². The molecule has 1 aliphatic heterocycles. The molecule has 39 heavy (non-hydrogen) atoms. The number of hydrogen-bond acceptors (Lipinski definition) is 10. The molecule has 2 heterocycles. The summed E-state index contributed by atoms with van der Waals surface area (Å²) in [7, 11) is 3.37. The number of likely N-dealkylation sites (tertiary alicyclic amines) is 1. The summed E-state index contributed by atoms with van der Waals surface area (Å²) in [6.07, 6.45) is 5.10. The Hall–Kier alpha value is -4.19. The van der Waals surface area contributed by atoms with Crippen LogP contribution in [0.3, 0.4) is 0 Å². The van der Waals surface area contributed by atoms with E-state index in [1.165, 1.54) is 39.1 Å². The molecule has 0 atom stereocenters. The monoisotopic (exact) mass is 540 g/mol. The van der Waals surface area contributed by atoms with Crippen molar-refractivity contribution in [3.63, 3.8) is 0 Å². The van der Waals surface area contributed by atoms with E-state index in [1.807, 2.05) is 31.3 Å². The lowest BCUT2D eigenvalue weighted by Gasteiger charge is -2.23. The van der Waals surface area contributed by atoms with E-state index in [0.29, 0.717) is 29.7 Å². The molecule has 3 aromatic rings. The van der Waals surface area contributed by atoms with Gasteiger partial charge >= 0.3 is 0 Å². The number of hydrogen-bond donors (Lipinski definition) is 5. The number of aromatic nitrogens is 2. The van der Waals surface area contributed by atoms with Gasteiger partial charge in [0.25, 0.3) is 5.88 Å². The third-order valence-corrected chi connectivity index (χ3v) is 5.60. The van der Waals surface area contributed by atoms with Crippen LogP contribution in [0.4, 0.5) is 23.0 Å². The number of nitrogens with zero attached hydrogens (tertiary/aromatic N) is 3. The minimum atomic E-state index is -1.51. The minimum Gasteiger partial charge on any atom is -0.490 e. The van der Waals surface area contributed by atoms with E-state index in [0.717, 1.165) is 24.5 Å². The van der Waals surface area contributed by atoms with Crippen LogP contribution in [0.1, 0.15) is 22.6 Å². The number of carbonyl (C=O) groups is 1. The maximum Gasteiger partial charge on any atom is 0.267 e. The smallest absolute Gasteiger partial charge is 0.267 e. The third kappa shape index (κ3) is 9.89. The number of methoxy groups -OCH3 is 1. The maximum absolute atomic E-state index is 11.5. The summed E-state index contributed by atoms with van der Waals surface area (Å²) >= 11 is 0. The van der Waals surface area contributed by atoms with Gasteiger partial charge in [-0.2, -0.15) is 4.98 Å². The summed E-state index contributed by atoms with van der Waals surface area (Å²) in [6, 6.07) is 14.6. The first kappa shape index (κ1) is 29.4. The molecule has 1 saturated heterocycles. The van der Waals surface area contributed by atoms with Crippen molar-refractivity contribution in [2.24, 2.45) is 0 Å². The first-order valence-corrected chi connectivity index (χ1v) is 12.5. The van der Waals surface area contributed by atoms with E-state index < -0.39 is 5.79 Å². The molecule has 5 N–H and O–H groups in total. The number of amides is 1. The molecule has 0 spiro atoms. The lowest BCUT2D eigenvalue weighted by Crippen LogP contribution is -2.39. The number of benzene rings is 2. The molecule has 2 aromatic carbocycles. The van der Waals surface area contributed by atoms with Gasteiger partial charge in [0.1, 0.15) is 5.75 Å². The molecular formula is C28H40N6O5. The van der Waals surface area contributed by atoms with E-state index in [2.05, 4.69) is 37.4 Å². The Bertz CT molecular complexity index is 1240. The number of rotatable bonds is 10. The highest BCUT2D eigenvalue weighted by Crippen LogP contribution is 2.31. The predicted octanol–water partition coefficient (Wildman–Crippen LogP) is 4.46. The van der Waals surface area contributed by atoms with Crippen LogP contribution >= 0.6 is 0 Å². The molecule has 0 bridgehead atoms. The molecule has 1 fully saturated rings. The fraction of sp³-hybridized carbons (Fsp3) is 0.321. The topological polar surface area (TPSA) is 141 Å². The van der Waals surface area contributed by atoms with Gasteiger partial charge in [-0.15, -0.1) is 0 Å². The number of anilines is 4. The molecule has 0 radical (unpaired) electrons. The highest BCUT2D eigenvalue weighted by molar-refractivity contribution is 5.98. The average Bonchev–Trinajstić information content (AvgIpc) is 3.41. The second kappa shape index (κ2) is 14.1. The second-order valence-electron chi connectivity index (χ2n) is 9.04. The van der Waals surface area contributed by atoms with Crippen molar-refractivity contribution in [3.8, 4) is 17.4 Å². The van der Waals surface area contributed by atoms with Crippen LogP contribution in [0.15, 0.2) is 67.4 Å². The van der Waals surface area contributed by atoms with Crippen molar-refractivity contribution in [1.82, 2.24) is 14.9 Å². The molecule has 1 aliphatic rings. The zero-order chi connectivity index (χ0) is 28.3. The molecule has 4 rings (SSSR count). The Balaban J connectivity index is 0.000000596. The fourth-order valence-corrected chi connectivity index (χ4v) is 3.78. The zero-order valence-corrected chi connectivity index (χ0v) is 22.5. The van der Waals surface area contributed by atoms with Crippen LogP contribution in [0.25, 0.3) is 0 Å². The highest BCUT2D eigenvalue weighted by Gasteiger charge is 2.22. The number of nitrogens with one attached hydrogen (secondary N) is 3. The zero-order valence-electron chi connectivity index (χ0n) is 22.5. The van der Waals surface area contributed by atoms with Gasteiger partial charge in [0.05, 0.1) is 19.9 Å². The molecule has 0 aliphatic carbocycles. The largest absolute Gasteiger partial charge is 0.490 e. The summed E-state index contributed by atoms with van der Waals surface area (Å²) in [4.78, 5) is 22.2. The van der Waals surface area contributed by atoms with Crippen LogP contribution in [0, 0.1) is 0 Å². The van der Waals surface area contributed by atoms with Crippen molar-refractivity contribution in [2.45, 2.75) is 25.6 Å². The van der Waals surface area contributed by atoms with Crippen LogP contribution < -0.4 is 25.4 Å². The van der Waals surface area contributed by atoms with Gasteiger partial charge in [0.2, 0.25) is 11.9 Å². The minimum absolute atomic E-state index is 0. The van der Waals surface area contributed by atoms with Crippen molar-refractivity contribution >= 4 is 28.9 Å². The number of carbonyl (C=O) groups excluding carboxylic acids is 1. The lowest BCUT2D eigenvalue weighted by molar-refractivity contribution is -0.156. The van der Waals surface area contributed by atoms with E-state index in [1.54, 1.807) is 24.3 Å². The van der Waals surface area contributed by atoms with Crippen molar-refractivity contribution in [3.05, 3.63) is 67.4 Å². The standard InChI is InChI=1S/C21H21N5O3.C7H15NO2.2H2/c1-4-19(27)24-16-6-5-7-17(12-16)29-20-18(28-3)13-23-21(26-20)25-15-10-8-14(22-2)9-11-15;1-7(9,10)6-8-4-2-3-5-8;;/h4-13,22H,1H2,2-3H3,(H,24,27)(H,23,25,26);9-10H,2-6H2,1H3;2*1H. The van der Waals surface area contributed by atoms with Crippen molar-refractivity contribution in [1.29, 1.82) is 0 Å². The fourth-order valence-electron chi connectivity index (χ4n) is 3.78. The van der Waals surface area contributed by atoms with E-state index in [9.17, 15) is 4.79 Å². The molecular weight excluding hydrogens is 500 g/mol. The van der Waals surface area contributed by atoms with Crippen LogP contribution in [0.5, 0.6) is 17.4 Å². The normalized spacial score (nSPS) is 13.1. The highest BCUT2D eigenvalue weighted by atomic mass is 16.5. The third-order valence-electron chi connectivity index (χ3n) is 5.60. The summed E-state index contributed by atoms with van der Waals surface area (Å²) < 4.78 is 11.2.